The summed E-state index contributed by atoms with van der Waals surface area (Å²) in [6.45, 7) is 2.16. The standard InChI is InChI=1S/C20H23ClN8O3/c1-10(25-17-12(7-22)16(23)27-20(24)28-17)18-26-14-6-4-5-13(21)15(14)19(30)29(18)11(8-31-2)9-32-3/h4-6,10-11H,8-9H2,1-3H3,(H5,23,24,25,27,28). The van der Waals surface area contributed by atoms with Gasteiger partial charge >= 0.3 is 0 Å². The number of benzene rings is 1. The second-order valence-electron chi connectivity index (χ2n) is 7.01. The summed E-state index contributed by atoms with van der Waals surface area (Å²) in [6.07, 6.45) is 0. The van der Waals surface area contributed by atoms with E-state index in [0.717, 1.165) is 0 Å². The second-order valence-corrected chi connectivity index (χ2v) is 7.42. The summed E-state index contributed by atoms with van der Waals surface area (Å²) in [6, 6.07) is 5.92. The van der Waals surface area contributed by atoms with Crippen LogP contribution in [0, 0.1) is 11.3 Å². The zero-order valence-corrected chi connectivity index (χ0v) is 18.6. The Morgan fingerprint density at radius 3 is 2.53 bits per heavy atom. The molecule has 12 heteroatoms. The molecule has 2 aromatic heterocycles. The van der Waals surface area contributed by atoms with E-state index in [1.165, 1.54) is 18.8 Å². The molecule has 0 spiro atoms. The van der Waals surface area contributed by atoms with Crippen LogP contribution in [0.25, 0.3) is 10.9 Å². The Bertz CT molecular complexity index is 1230. The van der Waals surface area contributed by atoms with Gasteiger partial charge in [0, 0.05) is 14.2 Å². The van der Waals surface area contributed by atoms with E-state index in [2.05, 4.69) is 15.3 Å². The van der Waals surface area contributed by atoms with Gasteiger partial charge in [-0.3, -0.25) is 9.36 Å². The van der Waals surface area contributed by atoms with Gasteiger partial charge in [-0.1, -0.05) is 17.7 Å². The molecule has 0 saturated heterocycles. The Kier molecular flexibility index (Phi) is 7.09. The van der Waals surface area contributed by atoms with E-state index in [0.29, 0.717) is 11.3 Å². The van der Waals surface area contributed by atoms with Crippen LogP contribution in [0.5, 0.6) is 0 Å². The highest BCUT2D eigenvalue weighted by Gasteiger charge is 2.25. The molecule has 1 unspecified atom stereocenters. The Labute approximate surface area is 188 Å². The van der Waals surface area contributed by atoms with Gasteiger partial charge in [-0.2, -0.15) is 15.2 Å². The van der Waals surface area contributed by atoms with Gasteiger partial charge in [-0.15, -0.1) is 0 Å². The van der Waals surface area contributed by atoms with E-state index < -0.39 is 12.1 Å². The van der Waals surface area contributed by atoms with Crippen LogP contribution in [-0.4, -0.2) is 47.0 Å². The van der Waals surface area contributed by atoms with Crippen molar-refractivity contribution in [2.24, 2.45) is 0 Å². The highest BCUT2D eigenvalue weighted by molar-refractivity contribution is 6.35. The molecule has 0 amide bonds. The van der Waals surface area contributed by atoms with Gasteiger partial charge in [0.2, 0.25) is 5.95 Å². The van der Waals surface area contributed by atoms with E-state index in [1.54, 1.807) is 25.1 Å². The topological polar surface area (TPSA) is 167 Å². The largest absolute Gasteiger partial charge is 0.382 e. The highest BCUT2D eigenvalue weighted by atomic mass is 35.5. The van der Waals surface area contributed by atoms with Crippen LogP contribution in [0.15, 0.2) is 23.0 Å². The summed E-state index contributed by atoms with van der Waals surface area (Å²) in [5.41, 5.74) is 11.6. The predicted molar refractivity (Wildman–Crippen MR) is 121 cm³/mol. The predicted octanol–water partition coefficient (Wildman–Crippen LogP) is 1.88. The summed E-state index contributed by atoms with van der Waals surface area (Å²) < 4.78 is 12.1. The first kappa shape index (κ1) is 23.2. The van der Waals surface area contributed by atoms with E-state index in [-0.39, 0.29) is 52.3 Å². The minimum Gasteiger partial charge on any atom is -0.382 e. The quantitative estimate of drug-likeness (QED) is 0.453. The normalized spacial score (nSPS) is 12.1. The average molecular weight is 459 g/mol. The van der Waals surface area contributed by atoms with Gasteiger partial charge in [0.05, 0.1) is 41.2 Å². The summed E-state index contributed by atoms with van der Waals surface area (Å²) in [5.74, 6) is 0.348. The van der Waals surface area contributed by atoms with Crippen molar-refractivity contribution in [2.75, 3.05) is 44.2 Å². The number of halogens is 1. The molecule has 1 aromatic carbocycles. The summed E-state index contributed by atoms with van der Waals surface area (Å²) >= 11 is 6.32. The number of nitriles is 1. The maximum atomic E-state index is 13.5. The van der Waals surface area contributed by atoms with E-state index >= 15 is 0 Å². The molecule has 0 aliphatic rings. The van der Waals surface area contributed by atoms with Gasteiger partial charge in [-0.05, 0) is 19.1 Å². The number of hydrogen-bond acceptors (Lipinski definition) is 10. The lowest BCUT2D eigenvalue weighted by molar-refractivity contribution is 0.0859. The third kappa shape index (κ3) is 4.43. The number of aromatic nitrogens is 4. The lowest BCUT2D eigenvalue weighted by Gasteiger charge is -2.26. The number of rotatable bonds is 8. The molecular formula is C20H23ClN8O3. The molecule has 0 fully saturated rings. The second kappa shape index (κ2) is 9.78. The van der Waals surface area contributed by atoms with Crippen molar-refractivity contribution in [1.82, 2.24) is 19.5 Å². The van der Waals surface area contributed by atoms with E-state index in [1.807, 2.05) is 6.07 Å². The number of methoxy groups -OCH3 is 2. The van der Waals surface area contributed by atoms with Crippen molar-refractivity contribution in [2.45, 2.75) is 19.0 Å². The van der Waals surface area contributed by atoms with Crippen molar-refractivity contribution in [3.8, 4) is 6.07 Å². The molecule has 0 aliphatic carbocycles. The first-order chi connectivity index (χ1) is 15.3. The lowest BCUT2D eigenvalue weighted by atomic mass is 10.1. The molecule has 0 radical (unpaired) electrons. The Morgan fingerprint density at radius 2 is 1.91 bits per heavy atom. The number of hydrogen-bond donors (Lipinski definition) is 3. The maximum Gasteiger partial charge on any atom is 0.263 e. The number of anilines is 3. The van der Waals surface area contributed by atoms with Crippen LogP contribution in [0.3, 0.4) is 0 Å². The molecule has 1 atom stereocenters. The molecule has 0 aliphatic heterocycles. The zero-order chi connectivity index (χ0) is 23.4. The number of nitrogen functional groups attached to an aromatic ring is 2. The molecule has 0 saturated carbocycles. The smallest absolute Gasteiger partial charge is 0.263 e. The van der Waals surface area contributed by atoms with Gasteiger partial charge in [0.25, 0.3) is 5.56 Å². The maximum absolute atomic E-state index is 13.5. The number of nitrogens with two attached hydrogens (primary N) is 2. The monoisotopic (exact) mass is 458 g/mol. The Balaban J connectivity index is 2.22. The zero-order valence-electron chi connectivity index (χ0n) is 17.8. The third-order valence-corrected chi connectivity index (χ3v) is 5.11. The van der Waals surface area contributed by atoms with Crippen LogP contribution in [0.1, 0.15) is 30.4 Å². The van der Waals surface area contributed by atoms with Crippen LogP contribution >= 0.6 is 11.6 Å². The lowest BCUT2D eigenvalue weighted by Crippen LogP contribution is -2.35. The van der Waals surface area contributed by atoms with Gasteiger partial charge in [-0.25, -0.2) is 4.98 Å². The van der Waals surface area contributed by atoms with Gasteiger partial charge < -0.3 is 26.3 Å². The molecule has 32 heavy (non-hydrogen) atoms. The Hall–Kier alpha value is -3.46. The van der Waals surface area contributed by atoms with Crippen LogP contribution < -0.4 is 22.3 Å². The van der Waals surface area contributed by atoms with Crippen molar-refractivity contribution in [3.05, 3.63) is 45.0 Å². The fourth-order valence-electron chi connectivity index (χ4n) is 3.44. The summed E-state index contributed by atoms with van der Waals surface area (Å²) in [7, 11) is 3.06. The van der Waals surface area contributed by atoms with Crippen LogP contribution in [-0.2, 0) is 9.47 Å². The van der Waals surface area contributed by atoms with E-state index in [4.69, 9.17) is 37.5 Å². The molecule has 168 valence electrons. The van der Waals surface area contributed by atoms with Crippen molar-refractivity contribution < 1.29 is 9.47 Å². The Morgan fingerprint density at radius 1 is 1.22 bits per heavy atom. The van der Waals surface area contributed by atoms with Crippen molar-refractivity contribution >= 4 is 40.1 Å². The summed E-state index contributed by atoms with van der Waals surface area (Å²) in [5, 5.41) is 13.1. The van der Waals surface area contributed by atoms with Gasteiger partial charge in [0.1, 0.15) is 23.3 Å². The van der Waals surface area contributed by atoms with Crippen molar-refractivity contribution in [1.29, 1.82) is 5.26 Å². The molecule has 0 bridgehead atoms. The molecule has 11 nitrogen and oxygen atoms in total. The van der Waals surface area contributed by atoms with Crippen LogP contribution in [0.2, 0.25) is 5.02 Å². The first-order valence-electron chi connectivity index (χ1n) is 9.60. The minimum atomic E-state index is -0.594. The number of nitrogens with zero attached hydrogens (tertiary/aromatic N) is 5. The SMILES string of the molecule is COCC(COC)n1c(C(C)Nc2nc(N)nc(N)c2C#N)nc2cccc(Cl)c2c1=O. The minimum absolute atomic E-state index is 0.0362. The van der Waals surface area contributed by atoms with Crippen LogP contribution in [0.4, 0.5) is 17.6 Å². The fraction of sp³-hybridized carbons (Fsp3) is 0.350. The first-order valence-corrected chi connectivity index (χ1v) is 9.98. The molecule has 2 heterocycles. The molecule has 5 N–H and O–H groups in total. The number of fused-ring (bicyclic) bond motifs is 1. The third-order valence-electron chi connectivity index (χ3n) is 4.80. The highest BCUT2D eigenvalue weighted by Crippen LogP contribution is 2.26. The number of nitrogens with one attached hydrogen (secondary N) is 1. The average Bonchev–Trinajstić information content (AvgIpc) is 2.73. The van der Waals surface area contributed by atoms with Crippen molar-refractivity contribution in [3.63, 3.8) is 0 Å². The van der Waals surface area contributed by atoms with Gasteiger partial charge in [0.15, 0.2) is 5.82 Å². The fourth-order valence-corrected chi connectivity index (χ4v) is 3.69. The van der Waals surface area contributed by atoms with E-state index in [9.17, 15) is 10.1 Å². The number of ether oxygens (including phenoxy) is 2. The summed E-state index contributed by atoms with van der Waals surface area (Å²) in [4.78, 5) is 26.1. The molecular weight excluding hydrogens is 436 g/mol. The molecule has 3 rings (SSSR count). The molecule has 3 aromatic rings.